The van der Waals surface area contributed by atoms with Crippen LogP contribution in [0.5, 0.6) is 0 Å². The summed E-state index contributed by atoms with van der Waals surface area (Å²) in [6.07, 6.45) is 0.394. The van der Waals surface area contributed by atoms with Gasteiger partial charge in [-0.2, -0.15) is 0 Å². The number of carbonyl (C=O) groups is 1. The molecule has 0 rings (SSSR count). The highest BCUT2D eigenvalue weighted by Crippen LogP contribution is 2.07. The predicted octanol–water partition coefficient (Wildman–Crippen LogP) is 1.34. The molecule has 0 aliphatic heterocycles. The highest BCUT2D eigenvalue weighted by molar-refractivity contribution is 5.70. The third-order valence-corrected chi connectivity index (χ3v) is 1.66. The van der Waals surface area contributed by atoms with Crippen LogP contribution in [0.4, 0.5) is 0 Å². The van der Waals surface area contributed by atoms with Gasteiger partial charge in [0, 0.05) is 19.7 Å². The number of ether oxygens (including phenoxy) is 2. The fourth-order valence-corrected chi connectivity index (χ4v) is 1.12. The smallest absolute Gasteiger partial charge is 0.307 e. The lowest BCUT2D eigenvalue weighted by Crippen LogP contribution is -2.33. The first-order valence-corrected chi connectivity index (χ1v) is 5.29. The van der Waals surface area contributed by atoms with Crippen LogP contribution in [-0.4, -0.2) is 37.9 Å². The zero-order valence-electron chi connectivity index (χ0n) is 10.4. The average molecular weight is 217 g/mol. The van der Waals surface area contributed by atoms with Crippen molar-refractivity contribution in [3.8, 4) is 0 Å². The Morgan fingerprint density at radius 2 is 2.00 bits per heavy atom. The monoisotopic (exact) mass is 217 g/mol. The van der Waals surface area contributed by atoms with Crippen molar-refractivity contribution in [1.82, 2.24) is 5.32 Å². The molecule has 1 N–H and O–H groups in total. The second-order valence-electron chi connectivity index (χ2n) is 4.65. The standard InChI is InChI=1S/C11H23NO3/c1-9(8-14-5)12-7-6-10(13)15-11(2,3)4/h9,12H,6-8H2,1-5H3/t9-/m0/s1. The van der Waals surface area contributed by atoms with Gasteiger partial charge < -0.3 is 14.8 Å². The van der Waals surface area contributed by atoms with E-state index >= 15 is 0 Å². The summed E-state index contributed by atoms with van der Waals surface area (Å²) in [5, 5.41) is 3.17. The van der Waals surface area contributed by atoms with Crippen LogP contribution in [0.15, 0.2) is 0 Å². The maximum atomic E-state index is 11.3. The lowest BCUT2D eigenvalue weighted by molar-refractivity contribution is -0.154. The number of carbonyl (C=O) groups excluding carboxylic acids is 1. The first kappa shape index (κ1) is 14.4. The Kier molecular flexibility index (Phi) is 6.52. The molecule has 0 aromatic carbocycles. The van der Waals surface area contributed by atoms with E-state index in [1.54, 1.807) is 7.11 Å². The molecular formula is C11H23NO3. The molecule has 0 aliphatic carbocycles. The number of methoxy groups -OCH3 is 1. The van der Waals surface area contributed by atoms with E-state index in [-0.39, 0.29) is 12.0 Å². The minimum atomic E-state index is -0.394. The van der Waals surface area contributed by atoms with Gasteiger partial charge in [0.05, 0.1) is 13.0 Å². The highest BCUT2D eigenvalue weighted by atomic mass is 16.6. The van der Waals surface area contributed by atoms with E-state index in [0.29, 0.717) is 19.6 Å². The zero-order valence-corrected chi connectivity index (χ0v) is 10.4. The zero-order chi connectivity index (χ0) is 11.9. The van der Waals surface area contributed by atoms with E-state index in [1.165, 1.54) is 0 Å². The Labute approximate surface area is 92.3 Å². The number of hydrogen-bond acceptors (Lipinski definition) is 4. The van der Waals surface area contributed by atoms with Gasteiger partial charge in [-0.3, -0.25) is 4.79 Å². The maximum absolute atomic E-state index is 11.3. The molecule has 0 radical (unpaired) electrons. The van der Waals surface area contributed by atoms with Gasteiger partial charge >= 0.3 is 5.97 Å². The van der Waals surface area contributed by atoms with E-state index in [4.69, 9.17) is 9.47 Å². The van der Waals surface area contributed by atoms with Crippen molar-refractivity contribution < 1.29 is 14.3 Å². The summed E-state index contributed by atoms with van der Waals surface area (Å²) >= 11 is 0. The first-order valence-electron chi connectivity index (χ1n) is 5.29. The van der Waals surface area contributed by atoms with Crippen LogP contribution < -0.4 is 5.32 Å². The molecule has 15 heavy (non-hydrogen) atoms. The molecular weight excluding hydrogens is 194 g/mol. The molecule has 0 unspecified atom stereocenters. The van der Waals surface area contributed by atoms with Crippen molar-refractivity contribution in [3.63, 3.8) is 0 Å². The molecule has 4 nitrogen and oxygen atoms in total. The van der Waals surface area contributed by atoms with E-state index in [1.807, 2.05) is 27.7 Å². The summed E-state index contributed by atoms with van der Waals surface area (Å²) in [6, 6.07) is 0.262. The Morgan fingerprint density at radius 3 is 2.47 bits per heavy atom. The lowest BCUT2D eigenvalue weighted by Gasteiger charge is -2.20. The van der Waals surface area contributed by atoms with Crippen molar-refractivity contribution in [2.24, 2.45) is 0 Å². The van der Waals surface area contributed by atoms with Gasteiger partial charge in [0.2, 0.25) is 0 Å². The number of rotatable bonds is 6. The average Bonchev–Trinajstić information content (AvgIpc) is 2.00. The fourth-order valence-electron chi connectivity index (χ4n) is 1.12. The Hall–Kier alpha value is -0.610. The molecule has 0 saturated carbocycles. The number of nitrogens with one attached hydrogen (secondary N) is 1. The van der Waals surface area contributed by atoms with Crippen molar-refractivity contribution >= 4 is 5.97 Å². The van der Waals surface area contributed by atoms with E-state index < -0.39 is 5.60 Å². The second kappa shape index (κ2) is 6.80. The molecule has 0 aromatic heterocycles. The molecule has 0 saturated heterocycles. The maximum Gasteiger partial charge on any atom is 0.307 e. The summed E-state index contributed by atoms with van der Waals surface area (Å²) in [7, 11) is 1.66. The predicted molar refractivity (Wildman–Crippen MR) is 59.8 cm³/mol. The van der Waals surface area contributed by atoms with Crippen LogP contribution in [0, 0.1) is 0 Å². The minimum absolute atomic E-state index is 0.167. The first-order chi connectivity index (χ1) is 6.85. The van der Waals surface area contributed by atoms with Crippen LogP contribution in [0.2, 0.25) is 0 Å². The highest BCUT2D eigenvalue weighted by Gasteiger charge is 2.15. The lowest BCUT2D eigenvalue weighted by atomic mass is 10.2. The van der Waals surface area contributed by atoms with Gasteiger partial charge in [0.1, 0.15) is 5.60 Å². The van der Waals surface area contributed by atoms with Crippen LogP contribution in [0.3, 0.4) is 0 Å². The summed E-state index contributed by atoms with van der Waals surface area (Å²) in [6.45, 7) is 8.88. The quantitative estimate of drug-likeness (QED) is 0.682. The summed E-state index contributed by atoms with van der Waals surface area (Å²) in [4.78, 5) is 11.3. The molecule has 0 aromatic rings. The van der Waals surface area contributed by atoms with Crippen molar-refractivity contribution in [3.05, 3.63) is 0 Å². The molecule has 0 spiro atoms. The largest absolute Gasteiger partial charge is 0.460 e. The van der Waals surface area contributed by atoms with E-state index in [9.17, 15) is 4.79 Å². The van der Waals surface area contributed by atoms with E-state index in [2.05, 4.69) is 5.32 Å². The number of hydrogen-bond donors (Lipinski definition) is 1. The van der Waals surface area contributed by atoms with Gasteiger partial charge in [-0.05, 0) is 27.7 Å². The summed E-state index contributed by atoms with van der Waals surface area (Å²) in [5.41, 5.74) is -0.394. The normalized spacial score (nSPS) is 13.7. The molecule has 0 aliphatic rings. The molecule has 0 bridgehead atoms. The van der Waals surface area contributed by atoms with Crippen LogP contribution in [0.25, 0.3) is 0 Å². The Balaban J connectivity index is 3.55. The SMILES string of the molecule is COC[C@H](C)NCCC(=O)OC(C)(C)C. The number of esters is 1. The summed E-state index contributed by atoms with van der Waals surface area (Å²) in [5.74, 6) is -0.167. The van der Waals surface area contributed by atoms with Crippen molar-refractivity contribution in [2.75, 3.05) is 20.3 Å². The minimum Gasteiger partial charge on any atom is -0.460 e. The van der Waals surface area contributed by atoms with Gasteiger partial charge in [-0.15, -0.1) is 0 Å². The van der Waals surface area contributed by atoms with E-state index in [0.717, 1.165) is 0 Å². The molecule has 0 heterocycles. The molecule has 0 fully saturated rings. The summed E-state index contributed by atoms with van der Waals surface area (Å²) < 4.78 is 10.1. The molecule has 4 heteroatoms. The Bertz CT molecular complexity index is 187. The van der Waals surface area contributed by atoms with Crippen LogP contribution in [0.1, 0.15) is 34.1 Å². The Morgan fingerprint density at radius 1 is 1.40 bits per heavy atom. The molecule has 90 valence electrons. The topological polar surface area (TPSA) is 47.6 Å². The molecule has 0 amide bonds. The van der Waals surface area contributed by atoms with Crippen molar-refractivity contribution in [2.45, 2.75) is 45.8 Å². The van der Waals surface area contributed by atoms with Gasteiger partial charge in [0.25, 0.3) is 0 Å². The van der Waals surface area contributed by atoms with Gasteiger partial charge in [0.15, 0.2) is 0 Å². The van der Waals surface area contributed by atoms with Crippen molar-refractivity contribution in [1.29, 1.82) is 0 Å². The third-order valence-electron chi connectivity index (χ3n) is 1.66. The molecule has 1 atom stereocenters. The van der Waals surface area contributed by atoms with Crippen LogP contribution >= 0.6 is 0 Å². The van der Waals surface area contributed by atoms with Gasteiger partial charge in [-0.25, -0.2) is 0 Å². The fraction of sp³-hybridized carbons (Fsp3) is 0.909. The van der Waals surface area contributed by atoms with Crippen LogP contribution in [-0.2, 0) is 14.3 Å². The second-order valence-corrected chi connectivity index (χ2v) is 4.65. The third kappa shape index (κ3) is 9.69. The van der Waals surface area contributed by atoms with Gasteiger partial charge in [-0.1, -0.05) is 0 Å².